The van der Waals surface area contributed by atoms with Gasteiger partial charge in [0.2, 0.25) is 5.91 Å². The van der Waals surface area contributed by atoms with Crippen LogP contribution in [0.1, 0.15) is 27.7 Å². The van der Waals surface area contributed by atoms with E-state index in [-0.39, 0.29) is 11.7 Å². The van der Waals surface area contributed by atoms with Crippen LogP contribution < -0.4 is 5.32 Å². The minimum absolute atomic E-state index is 0.166. The molecule has 0 saturated heterocycles. The van der Waals surface area contributed by atoms with Crippen LogP contribution in [0.4, 0.5) is 5.00 Å². The highest BCUT2D eigenvalue weighted by molar-refractivity contribution is 7.99. The fourth-order valence-electron chi connectivity index (χ4n) is 2.62. The van der Waals surface area contributed by atoms with Gasteiger partial charge in [0.25, 0.3) is 0 Å². The summed E-state index contributed by atoms with van der Waals surface area (Å²) in [4.78, 5) is 26.5. The van der Waals surface area contributed by atoms with Crippen molar-refractivity contribution in [2.75, 3.05) is 18.2 Å². The molecule has 0 atom stereocenters. The van der Waals surface area contributed by atoms with Gasteiger partial charge in [0.05, 0.1) is 23.3 Å². The first-order valence-corrected chi connectivity index (χ1v) is 11.2. The van der Waals surface area contributed by atoms with Crippen LogP contribution in [0.25, 0.3) is 10.7 Å². The van der Waals surface area contributed by atoms with Crippen molar-refractivity contribution in [2.45, 2.75) is 32.5 Å². The summed E-state index contributed by atoms with van der Waals surface area (Å²) in [5, 5.41) is 14.5. The number of aromatic nitrogens is 3. The largest absolute Gasteiger partial charge is 0.465 e. The van der Waals surface area contributed by atoms with Crippen molar-refractivity contribution in [1.29, 1.82) is 0 Å². The minimum atomic E-state index is -0.448. The summed E-state index contributed by atoms with van der Waals surface area (Å²) < 4.78 is 6.83. The maximum absolute atomic E-state index is 12.5. The molecule has 0 spiro atoms. The molecule has 148 valence electrons. The molecule has 0 bridgehead atoms. The van der Waals surface area contributed by atoms with Crippen molar-refractivity contribution < 1.29 is 14.3 Å². The van der Waals surface area contributed by atoms with Gasteiger partial charge in [-0.25, -0.2) is 4.79 Å². The Balaban J connectivity index is 1.71. The number of methoxy groups -OCH3 is 1. The number of thioether (sulfide) groups is 1. The Morgan fingerprint density at radius 2 is 2.11 bits per heavy atom. The Kier molecular flexibility index (Phi) is 6.53. The van der Waals surface area contributed by atoms with E-state index < -0.39 is 5.97 Å². The van der Waals surface area contributed by atoms with Crippen LogP contribution in [-0.2, 0) is 16.1 Å². The molecule has 0 aliphatic heterocycles. The Bertz CT molecular complexity index is 992. The second-order valence-electron chi connectivity index (χ2n) is 5.84. The molecule has 0 saturated carbocycles. The maximum atomic E-state index is 12.5. The number of hydrogen-bond acceptors (Lipinski definition) is 8. The number of hydrogen-bond donors (Lipinski definition) is 1. The molecule has 10 heteroatoms. The second-order valence-corrected chi connectivity index (χ2v) is 8.96. The van der Waals surface area contributed by atoms with Gasteiger partial charge in [0.1, 0.15) is 5.00 Å². The van der Waals surface area contributed by atoms with Crippen molar-refractivity contribution in [3.8, 4) is 10.7 Å². The minimum Gasteiger partial charge on any atom is -0.465 e. The van der Waals surface area contributed by atoms with Crippen LogP contribution in [0.15, 0.2) is 22.7 Å². The number of rotatable bonds is 7. The average Bonchev–Trinajstić information content (AvgIpc) is 3.39. The van der Waals surface area contributed by atoms with Gasteiger partial charge < -0.3 is 14.6 Å². The van der Waals surface area contributed by atoms with Gasteiger partial charge in [-0.3, -0.25) is 4.79 Å². The summed E-state index contributed by atoms with van der Waals surface area (Å²) in [7, 11) is 1.33. The Hall–Kier alpha value is -2.17. The molecule has 0 unspecified atom stereocenters. The van der Waals surface area contributed by atoms with Gasteiger partial charge in [-0.2, -0.15) is 0 Å². The van der Waals surface area contributed by atoms with Crippen molar-refractivity contribution in [3.05, 3.63) is 33.5 Å². The standard InChI is InChI=1S/C18H20N4O3S3/c1-5-22-15(12-7-6-8-26-12)20-21-18(22)27-9-13(23)19-16-14(17(24)25-4)10(2)11(3)28-16/h6-8H,5,9H2,1-4H3,(H,19,23). The normalized spacial score (nSPS) is 10.9. The molecular weight excluding hydrogens is 416 g/mol. The van der Waals surface area contributed by atoms with E-state index in [1.165, 1.54) is 30.2 Å². The Labute approximate surface area is 175 Å². The third-order valence-corrected chi connectivity index (χ3v) is 7.09. The zero-order valence-electron chi connectivity index (χ0n) is 15.9. The molecule has 0 aliphatic carbocycles. The predicted molar refractivity (Wildman–Crippen MR) is 113 cm³/mol. The summed E-state index contributed by atoms with van der Waals surface area (Å²) in [6, 6.07) is 3.97. The lowest BCUT2D eigenvalue weighted by Crippen LogP contribution is -2.16. The van der Waals surface area contributed by atoms with Gasteiger partial charge in [-0.15, -0.1) is 32.9 Å². The van der Waals surface area contributed by atoms with E-state index in [1.807, 2.05) is 42.9 Å². The van der Waals surface area contributed by atoms with Gasteiger partial charge in [-0.1, -0.05) is 17.8 Å². The fraction of sp³-hybridized carbons (Fsp3) is 0.333. The number of aryl methyl sites for hydroxylation is 1. The van der Waals surface area contributed by atoms with Crippen molar-refractivity contribution in [1.82, 2.24) is 14.8 Å². The average molecular weight is 437 g/mol. The molecule has 3 heterocycles. The van der Waals surface area contributed by atoms with Gasteiger partial charge in [0.15, 0.2) is 11.0 Å². The summed E-state index contributed by atoms with van der Waals surface area (Å²) in [5.41, 5.74) is 1.24. The molecule has 1 N–H and O–H groups in total. The number of ether oxygens (including phenoxy) is 1. The van der Waals surface area contributed by atoms with Crippen molar-refractivity contribution in [3.63, 3.8) is 0 Å². The topological polar surface area (TPSA) is 86.1 Å². The first-order valence-electron chi connectivity index (χ1n) is 8.54. The number of thiophene rings is 2. The van der Waals surface area contributed by atoms with E-state index in [0.29, 0.717) is 22.3 Å². The van der Waals surface area contributed by atoms with E-state index in [2.05, 4.69) is 15.5 Å². The molecule has 3 aromatic rings. The SMILES string of the molecule is CCn1c(SCC(=O)Nc2sc(C)c(C)c2C(=O)OC)nnc1-c1cccs1. The third kappa shape index (κ3) is 4.13. The first kappa shape index (κ1) is 20.6. The molecule has 1 amide bonds. The number of carbonyl (C=O) groups is 2. The van der Waals surface area contributed by atoms with Gasteiger partial charge in [-0.05, 0) is 37.8 Å². The van der Waals surface area contributed by atoms with Gasteiger partial charge >= 0.3 is 5.97 Å². The van der Waals surface area contributed by atoms with Crippen molar-refractivity contribution >= 4 is 51.3 Å². The third-order valence-electron chi connectivity index (χ3n) is 4.13. The van der Waals surface area contributed by atoms with E-state index in [9.17, 15) is 9.59 Å². The lowest BCUT2D eigenvalue weighted by Gasteiger charge is -2.07. The highest BCUT2D eigenvalue weighted by atomic mass is 32.2. The zero-order chi connectivity index (χ0) is 20.3. The smallest absolute Gasteiger partial charge is 0.341 e. The Morgan fingerprint density at radius 1 is 1.32 bits per heavy atom. The van der Waals surface area contributed by atoms with E-state index >= 15 is 0 Å². The molecule has 0 fully saturated rings. The highest BCUT2D eigenvalue weighted by Crippen LogP contribution is 2.33. The zero-order valence-corrected chi connectivity index (χ0v) is 18.4. The Morgan fingerprint density at radius 3 is 2.75 bits per heavy atom. The lowest BCUT2D eigenvalue weighted by molar-refractivity contribution is -0.113. The molecule has 0 radical (unpaired) electrons. The molecule has 7 nitrogen and oxygen atoms in total. The number of amides is 1. The summed E-state index contributed by atoms with van der Waals surface area (Å²) in [5.74, 6) is 0.313. The molecule has 3 rings (SSSR count). The number of carbonyl (C=O) groups excluding carboxylic acids is 2. The quantitative estimate of drug-likeness (QED) is 0.441. The number of nitrogens with one attached hydrogen (secondary N) is 1. The van der Waals surface area contributed by atoms with E-state index in [1.54, 1.807) is 11.3 Å². The van der Waals surface area contributed by atoms with Crippen LogP contribution >= 0.6 is 34.4 Å². The summed E-state index contributed by atoms with van der Waals surface area (Å²) in [6.45, 7) is 6.48. The van der Waals surface area contributed by atoms with Gasteiger partial charge in [0, 0.05) is 11.4 Å². The highest BCUT2D eigenvalue weighted by Gasteiger charge is 2.22. The second kappa shape index (κ2) is 8.89. The molecular formula is C18H20N4O3S3. The number of anilines is 1. The first-order chi connectivity index (χ1) is 13.5. The molecule has 28 heavy (non-hydrogen) atoms. The van der Waals surface area contributed by atoms with Crippen LogP contribution in [-0.4, -0.2) is 39.5 Å². The molecule has 0 aromatic carbocycles. The van der Waals surface area contributed by atoms with Crippen LogP contribution in [0.3, 0.4) is 0 Å². The summed E-state index contributed by atoms with van der Waals surface area (Å²) in [6.07, 6.45) is 0. The maximum Gasteiger partial charge on any atom is 0.341 e. The van der Waals surface area contributed by atoms with E-state index in [0.717, 1.165) is 21.1 Å². The number of esters is 1. The number of nitrogens with zero attached hydrogens (tertiary/aromatic N) is 3. The van der Waals surface area contributed by atoms with E-state index in [4.69, 9.17) is 4.74 Å². The van der Waals surface area contributed by atoms with Crippen LogP contribution in [0.5, 0.6) is 0 Å². The molecule has 0 aliphatic rings. The molecule has 3 aromatic heterocycles. The van der Waals surface area contributed by atoms with Crippen molar-refractivity contribution in [2.24, 2.45) is 0 Å². The lowest BCUT2D eigenvalue weighted by atomic mass is 10.1. The monoisotopic (exact) mass is 436 g/mol. The van der Waals surface area contributed by atoms with Crippen LogP contribution in [0.2, 0.25) is 0 Å². The fourth-order valence-corrected chi connectivity index (χ4v) is 5.21. The van der Waals surface area contributed by atoms with Crippen LogP contribution in [0, 0.1) is 13.8 Å². The summed E-state index contributed by atoms with van der Waals surface area (Å²) >= 11 is 4.29. The predicted octanol–water partition coefficient (Wildman–Crippen LogP) is 4.22.